The average molecular weight is 495 g/mol. The van der Waals surface area contributed by atoms with Gasteiger partial charge in [-0.1, -0.05) is 23.7 Å². The molecule has 8 nitrogen and oxygen atoms in total. The molecule has 0 radical (unpaired) electrons. The van der Waals surface area contributed by atoms with Crippen LogP contribution in [0.5, 0.6) is 5.75 Å². The number of piperidine rings is 1. The van der Waals surface area contributed by atoms with Crippen molar-refractivity contribution in [1.29, 1.82) is 0 Å². The van der Waals surface area contributed by atoms with Gasteiger partial charge in [0.2, 0.25) is 10.0 Å². The number of nitrogens with zero attached hydrogens (tertiary/aromatic N) is 2. The van der Waals surface area contributed by atoms with E-state index in [4.69, 9.17) is 21.1 Å². The molecule has 0 aromatic heterocycles. The number of sulfonamides is 1. The second-order valence-electron chi connectivity index (χ2n) is 7.68. The summed E-state index contributed by atoms with van der Waals surface area (Å²) in [5.41, 5.74) is 0.302. The molecule has 178 valence electrons. The van der Waals surface area contributed by atoms with Crippen LogP contribution in [0.3, 0.4) is 0 Å². The summed E-state index contributed by atoms with van der Waals surface area (Å²) in [6.45, 7) is 2.48. The largest absolute Gasteiger partial charge is 0.426 e. The molecule has 10 heteroatoms. The van der Waals surface area contributed by atoms with Crippen LogP contribution in [-0.2, 0) is 19.6 Å². The van der Waals surface area contributed by atoms with Crippen molar-refractivity contribution >= 4 is 33.5 Å². The number of amides is 1. The molecule has 1 heterocycles. The zero-order chi connectivity index (χ0) is 24.0. The summed E-state index contributed by atoms with van der Waals surface area (Å²) in [4.78, 5) is 26.3. The van der Waals surface area contributed by atoms with Crippen LogP contribution in [0, 0.1) is 0 Å². The Bertz CT molecular complexity index is 1080. The zero-order valence-electron chi connectivity index (χ0n) is 18.6. The van der Waals surface area contributed by atoms with Crippen LogP contribution in [0.4, 0.5) is 0 Å². The number of para-hydroxylation sites is 1. The lowest BCUT2D eigenvalue weighted by atomic mass is 10.0. The molecular weight excluding hydrogens is 468 g/mol. The second kappa shape index (κ2) is 11.1. The normalized spacial score (nSPS) is 15.0. The molecule has 2 aromatic rings. The van der Waals surface area contributed by atoms with Crippen LogP contribution >= 0.6 is 11.6 Å². The van der Waals surface area contributed by atoms with Gasteiger partial charge in [-0.05, 0) is 49.2 Å². The molecule has 0 N–H and O–H groups in total. The number of likely N-dealkylation sites (tertiary alicyclic amines) is 1. The van der Waals surface area contributed by atoms with E-state index in [1.807, 2.05) is 0 Å². The number of hydrogen-bond donors (Lipinski definition) is 0. The maximum atomic E-state index is 13.3. The van der Waals surface area contributed by atoms with E-state index in [0.29, 0.717) is 36.5 Å². The van der Waals surface area contributed by atoms with Gasteiger partial charge in [-0.15, -0.1) is 0 Å². The third kappa shape index (κ3) is 6.11. The van der Waals surface area contributed by atoms with E-state index in [0.717, 1.165) is 0 Å². The Hall–Kier alpha value is -2.46. The first kappa shape index (κ1) is 25.2. The van der Waals surface area contributed by atoms with E-state index in [-0.39, 0.29) is 35.7 Å². The van der Waals surface area contributed by atoms with E-state index in [1.165, 1.54) is 30.5 Å². The Kier molecular flexibility index (Phi) is 8.47. The highest BCUT2D eigenvalue weighted by Gasteiger charge is 2.35. The molecule has 0 unspecified atom stereocenters. The van der Waals surface area contributed by atoms with Crippen molar-refractivity contribution in [2.75, 3.05) is 33.4 Å². The Morgan fingerprint density at radius 1 is 1.09 bits per heavy atom. The minimum absolute atomic E-state index is 0.164. The van der Waals surface area contributed by atoms with E-state index in [9.17, 15) is 18.0 Å². The van der Waals surface area contributed by atoms with Gasteiger partial charge in [-0.2, -0.15) is 4.31 Å². The minimum Gasteiger partial charge on any atom is -0.426 e. The fourth-order valence-corrected chi connectivity index (χ4v) is 5.63. The highest BCUT2D eigenvalue weighted by molar-refractivity contribution is 7.89. The predicted molar refractivity (Wildman–Crippen MR) is 124 cm³/mol. The number of esters is 1. The Balaban J connectivity index is 1.75. The third-order valence-electron chi connectivity index (χ3n) is 5.47. The van der Waals surface area contributed by atoms with Crippen molar-refractivity contribution in [3.63, 3.8) is 0 Å². The smallest absolute Gasteiger partial charge is 0.308 e. The first-order valence-electron chi connectivity index (χ1n) is 10.6. The fraction of sp³-hybridized carbons (Fsp3) is 0.391. The summed E-state index contributed by atoms with van der Waals surface area (Å²) in [6, 6.07) is 12.4. The lowest BCUT2D eigenvalue weighted by molar-refractivity contribution is -0.131. The summed E-state index contributed by atoms with van der Waals surface area (Å²) >= 11 is 5.92. The number of rotatable bonds is 8. The Morgan fingerprint density at radius 3 is 2.33 bits per heavy atom. The maximum Gasteiger partial charge on any atom is 0.308 e. The number of methoxy groups -OCH3 is 1. The SMILES string of the molecule is COCCN(C1CCN(C(=O)c2ccccc2OC(C)=O)CC1)S(=O)(=O)c1ccc(Cl)cc1. The zero-order valence-corrected chi connectivity index (χ0v) is 20.1. The molecule has 0 saturated carbocycles. The molecule has 1 fully saturated rings. The number of ether oxygens (including phenoxy) is 2. The first-order chi connectivity index (χ1) is 15.7. The van der Waals surface area contributed by atoms with Gasteiger partial charge in [-0.3, -0.25) is 9.59 Å². The van der Waals surface area contributed by atoms with Crippen molar-refractivity contribution in [1.82, 2.24) is 9.21 Å². The van der Waals surface area contributed by atoms with Crippen LogP contribution < -0.4 is 4.74 Å². The van der Waals surface area contributed by atoms with Crippen molar-refractivity contribution < 1.29 is 27.5 Å². The summed E-state index contributed by atoms with van der Waals surface area (Å²) in [5.74, 6) is -0.548. The van der Waals surface area contributed by atoms with E-state index >= 15 is 0 Å². The highest BCUT2D eigenvalue weighted by Crippen LogP contribution is 2.27. The summed E-state index contributed by atoms with van der Waals surface area (Å²) in [7, 11) is -2.24. The second-order valence-corrected chi connectivity index (χ2v) is 10.0. The number of benzene rings is 2. The lowest BCUT2D eigenvalue weighted by Gasteiger charge is -2.38. The topological polar surface area (TPSA) is 93.2 Å². The summed E-state index contributed by atoms with van der Waals surface area (Å²) < 4.78 is 38.4. The molecule has 0 bridgehead atoms. The molecule has 1 aliphatic heterocycles. The minimum atomic E-state index is -3.77. The van der Waals surface area contributed by atoms with Gasteiger partial charge in [0.15, 0.2) is 0 Å². The molecule has 33 heavy (non-hydrogen) atoms. The lowest BCUT2D eigenvalue weighted by Crippen LogP contribution is -2.49. The van der Waals surface area contributed by atoms with Gasteiger partial charge in [0.05, 0.1) is 17.1 Å². The maximum absolute atomic E-state index is 13.3. The molecule has 1 saturated heterocycles. The van der Waals surface area contributed by atoms with Crippen LogP contribution in [-0.4, -0.2) is 68.9 Å². The van der Waals surface area contributed by atoms with Gasteiger partial charge >= 0.3 is 5.97 Å². The molecule has 1 amide bonds. The van der Waals surface area contributed by atoms with Crippen LogP contribution in [0.2, 0.25) is 5.02 Å². The molecule has 2 aromatic carbocycles. The fourth-order valence-electron chi connectivity index (χ4n) is 3.84. The molecule has 0 aliphatic carbocycles. The van der Waals surface area contributed by atoms with Crippen LogP contribution in [0.25, 0.3) is 0 Å². The van der Waals surface area contributed by atoms with E-state index < -0.39 is 16.0 Å². The average Bonchev–Trinajstić information content (AvgIpc) is 2.79. The molecular formula is C23H27ClN2O6S. The highest BCUT2D eigenvalue weighted by atomic mass is 35.5. The molecule has 1 aliphatic rings. The molecule has 0 atom stereocenters. The van der Waals surface area contributed by atoms with Crippen LogP contribution in [0.15, 0.2) is 53.4 Å². The van der Waals surface area contributed by atoms with Crippen molar-refractivity contribution in [2.45, 2.75) is 30.7 Å². The number of halogens is 1. The quantitative estimate of drug-likeness (QED) is 0.413. The molecule has 3 rings (SSSR count). The number of carbonyl (C=O) groups excluding carboxylic acids is 2. The van der Waals surface area contributed by atoms with E-state index in [1.54, 1.807) is 41.3 Å². The Labute approximate surface area is 199 Å². The van der Waals surface area contributed by atoms with Gasteiger partial charge < -0.3 is 14.4 Å². The summed E-state index contributed by atoms with van der Waals surface area (Å²) in [6.07, 6.45) is 0.940. The van der Waals surface area contributed by atoms with Gasteiger partial charge in [0, 0.05) is 44.7 Å². The van der Waals surface area contributed by atoms with E-state index in [2.05, 4.69) is 0 Å². The Morgan fingerprint density at radius 2 is 1.73 bits per heavy atom. The first-order valence-corrected chi connectivity index (χ1v) is 12.4. The van der Waals surface area contributed by atoms with Gasteiger partial charge in [0.1, 0.15) is 5.75 Å². The van der Waals surface area contributed by atoms with Gasteiger partial charge in [0.25, 0.3) is 5.91 Å². The standard InChI is InChI=1S/C23H27ClN2O6S/c1-17(27)32-22-6-4-3-5-21(22)23(28)25-13-11-19(12-14-25)26(15-16-31-2)33(29,30)20-9-7-18(24)8-10-20/h3-10,19H,11-16H2,1-2H3. The summed E-state index contributed by atoms with van der Waals surface area (Å²) in [5, 5.41) is 0.457. The monoisotopic (exact) mass is 494 g/mol. The number of hydrogen-bond acceptors (Lipinski definition) is 6. The van der Waals surface area contributed by atoms with Crippen molar-refractivity contribution in [3.8, 4) is 5.75 Å². The van der Waals surface area contributed by atoms with Crippen molar-refractivity contribution in [3.05, 3.63) is 59.1 Å². The van der Waals surface area contributed by atoms with Crippen molar-refractivity contribution in [2.24, 2.45) is 0 Å². The number of carbonyl (C=O) groups is 2. The predicted octanol–water partition coefficient (Wildman–Crippen LogP) is 3.21. The third-order valence-corrected chi connectivity index (χ3v) is 7.68. The van der Waals surface area contributed by atoms with Gasteiger partial charge in [-0.25, -0.2) is 8.42 Å². The molecule has 0 spiro atoms. The van der Waals surface area contributed by atoms with Crippen LogP contribution in [0.1, 0.15) is 30.1 Å².